The van der Waals surface area contributed by atoms with E-state index in [9.17, 15) is 4.79 Å². The Balaban J connectivity index is 2.10. The number of esters is 1. The fraction of sp³-hybridized carbons (Fsp3) is 0.0500. The van der Waals surface area contributed by atoms with Gasteiger partial charge in [-0.1, -0.05) is 65.8 Å². The average Bonchev–Trinajstić information content (AvgIpc) is 2.62. The zero-order valence-corrected chi connectivity index (χ0v) is 14.6. The molecule has 2 nitrogen and oxygen atoms in total. The zero-order valence-electron chi connectivity index (χ0n) is 13.0. The molecule has 0 heterocycles. The van der Waals surface area contributed by atoms with Crippen LogP contribution in [0.15, 0.2) is 82.6 Å². The third-order valence-electron chi connectivity index (χ3n) is 3.54. The number of carbonyl (C=O) groups is 1. The minimum Gasteiger partial charge on any atom is -0.465 e. The van der Waals surface area contributed by atoms with Gasteiger partial charge in [0.2, 0.25) is 0 Å². The van der Waals surface area contributed by atoms with Crippen LogP contribution in [0.3, 0.4) is 0 Å². The predicted molar refractivity (Wildman–Crippen MR) is 98.8 cm³/mol. The second-order valence-corrected chi connectivity index (χ2v) is 6.64. The van der Waals surface area contributed by atoms with Crippen LogP contribution >= 0.6 is 23.4 Å². The molecular formula is C20H15ClO2S. The van der Waals surface area contributed by atoms with Crippen molar-refractivity contribution >= 4 is 29.3 Å². The Bertz CT molecular complexity index is 845. The Morgan fingerprint density at radius 2 is 1.62 bits per heavy atom. The van der Waals surface area contributed by atoms with Gasteiger partial charge in [-0.25, -0.2) is 4.79 Å². The molecule has 3 rings (SSSR count). The highest BCUT2D eigenvalue weighted by atomic mass is 35.5. The predicted octanol–water partition coefficient (Wildman–Crippen LogP) is 5.94. The van der Waals surface area contributed by atoms with Crippen LogP contribution in [0.2, 0.25) is 5.02 Å². The molecule has 0 aromatic heterocycles. The molecule has 0 spiro atoms. The number of hydrogen-bond acceptors (Lipinski definition) is 3. The van der Waals surface area contributed by atoms with Crippen LogP contribution in [0, 0.1) is 0 Å². The molecule has 3 aromatic carbocycles. The van der Waals surface area contributed by atoms with Crippen LogP contribution in [0.25, 0.3) is 11.1 Å². The maximum absolute atomic E-state index is 12.4. The van der Waals surface area contributed by atoms with Gasteiger partial charge < -0.3 is 4.74 Å². The van der Waals surface area contributed by atoms with Crippen molar-refractivity contribution in [2.75, 3.05) is 7.11 Å². The first kappa shape index (κ1) is 16.6. The van der Waals surface area contributed by atoms with Crippen molar-refractivity contribution in [2.24, 2.45) is 0 Å². The zero-order chi connectivity index (χ0) is 16.9. The van der Waals surface area contributed by atoms with Gasteiger partial charge >= 0.3 is 5.97 Å². The van der Waals surface area contributed by atoms with E-state index in [0.717, 1.165) is 20.9 Å². The summed E-state index contributed by atoms with van der Waals surface area (Å²) in [5.74, 6) is -0.348. The molecular weight excluding hydrogens is 340 g/mol. The van der Waals surface area contributed by atoms with E-state index in [1.807, 2.05) is 72.8 Å². The van der Waals surface area contributed by atoms with Crippen LogP contribution < -0.4 is 0 Å². The Morgan fingerprint density at radius 3 is 2.29 bits per heavy atom. The summed E-state index contributed by atoms with van der Waals surface area (Å²) in [6.07, 6.45) is 0. The van der Waals surface area contributed by atoms with E-state index in [4.69, 9.17) is 16.3 Å². The largest absolute Gasteiger partial charge is 0.465 e. The van der Waals surface area contributed by atoms with Crippen LogP contribution in [0.5, 0.6) is 0 Å². The molecule has 0 N–H and O–H groups in total. The van der Waals surface area contributed by atoms with Gasteiger partial charge in [0.05, 0.1) is 12.7 Å². The topological polar surface area (TPSA) is 26.3 Å². The summed E-state index contributed by atoms with van der Waals surface area (Å²) in [5, 5.41) is 0.660. The first-order chi connectivity index (χ1) is 11.7. The summed E-state index contributed by atoms with van der Waals surface area (Å²) < 4.78 is 5.02. The van der Waals surface area contributed by atoms with E-state index in [1.54, 1.807) is 11.8 Å². The molecule has 4 heteroatoms. The lowest BCUT2D eigenvalue weighted by molar-refractivity contribution is 0.0597. The van der Waals surface area contributed by atoms with Crippen molar-refractivity contribution < 1.29 is 9.53 Å². The Labute approximate surface area is 150 Å². The molecule has 0 amide bonds. The Morgan fingerprint density at radius 1 is 0.917 bits per heavy atom. The van der Waals surface area contributed by atoms with Gasteiger partial charge in [0, 0.05) is 14.8 Å². The van der Waals surface area contributed by atoms with Crippen molar-refractivity contribution in [1.29, 1.82) is 0 Å². The molecule has 3 aromatic rings. The monoisotopic (exact) mass is 354 g/mol. The Hall–Kier alpha value is -2.23. The van der Waals surface area contributed by atoms with Crippen LogP contribution in [-0.4, -0.2) is 13.1 Å². The molecule has 120 valence electrons. The lowest BCUT2D eigenvalue weighted by atomic mass is 10.00. The number of hydrogen-bond donors (Lipinski definition) is 0. The van der Waals surface area contributed by atoms with Crippen LogP contribution in [0.1, 0.15) is 10.4 Å². The summed E-state index contributed by atoms with van der Waals surface area (Å²) >= 11 is 7.51. The van der Waals surface area contributed by atoms with Crippen molar-refractivity contribution in [2.45, 2.75) is 9.79 Å². The minimum atomic E-state index is -0.348. The van der Waals surface area contributed by atoms with E-state index in [1.165, 1.54) is 7.11 Å². The van der Waals surface area contributed by atoms with Gasteiger partial charge in [0.1, 0.15) is 0 Å². The number of ether oxygens (including phenoxy) is 1. The molecule has 0 radical (unpaired) electrons. The van der Waals surface area contributed by atoms with Gasteiger partial charge in [-0.15, -0.1) is 0 Å². The van der Waals surface area contributed by atoms with Crippen LogP contribution in [0.4, 0.5) is 0 Å². The summed E-state index contributed by atoms with van der Waals surface area (Å²) in [5.41, 5.74) is 2.32. The van der Waals surface area contributed by atoms with Crippen molar-refractivity contribution in [3.63, 3.8) is 0 Å². The minimum absolute atomic E-state index is 0.348. The van der Waals surface area contributed by atoms with E-state index >= 15 is 0 Å². The third kappa shape index (κ3) is 3.64. The molecule has 0 saturated carbocycles. The summed E-state index contributed by atoms with van der Waals surface area (Å²) in [4.78, 5) is 14.4. The lowest BCUT2D eigenvalue weighted by Crippen LogP contribution is -2.05. The van der Waals surface area contributed by atoms with Gasteiger partial charge in [-0.2, -0.15) is 0 Å². The third-order valence-corrected chi connectivity index (χ3v) is 4.86. The van der Waals surface area contributed by atoms with Gasteiger partial charge in [0.25, 0.3) is 0 Å². The summed E-state index contributed by atoms with van der Waals surface area (Å²) in [6.45, 7) is 0. The van der Waals surface area contributed by atoms with Crippen LogP contribution in [-0.2, 0) is 4.74 Å². The number of rotatable bonds is 4. The standard InChI is InChI=1S/C20H15ClO2S/c1-23-20(22)19-17(14-10-12-15(21)13-11-14)8-5-9-18(19)24-16-6-3-2-4-7-16/h2-13H,1H3. The normalized spacial score (nSPS) is 10.4. The SMILES string of the molecule is COC(=O)c1c(Sc2ccccc2)cccc1-c1ccc(Cl)cc1. The molecule has 0 aliphatic rings. The fourth-order valence-electron chi connectivity index (χ4n) is 2.41. The molecule has 0 saturated heterocycles. The lowest BCUT2D eigenvalue weighted by Gasteiger charge is -2.13. The Kier molecular flexibility index (Phi) is 5.24. The van der Waals surface area contributed by atoms with E-state index < -0.39 is 0 Å². The second kappa shape index (κ2) is 7.56. The van der Waals surface area contributed by atoms with Crippen molar-refractivity contribution in [3.05, 3.63) is 83.4 Å². The van der Waals surface area contributed by atoms with E-state index in [0.29, 0.717) is 10.6 Å². The highest BCUT2D eigenvalue weighted by Crippen LogP contribution is 2.36. The van der Waals surface area contributed by atoms with E-state index in [2.05, 4.69) is 0 Å². The first-order valence-corrected chi connectivity index (χ1v) is 8.58. The highest BCUT2D eigenvalue weighted by Gasteiger charge is 2.18. The number of halogens is 1. The molecule has 0 unspecified atom stereocenters. The van der Waals surface area contributed by atoms with Gasteiger partial charge in [-0.05, 0) is 41.5 Å². The smallest absolute Gasteiger partial charge is 0.339 e. The number of benzene rings is 3. The van der Waals surface area contributed by atoms with Crippen molar-refractivity contribution in [3.8, 4) is 11.1 Å². The van der Waals surface area contributed by atoms with Gasteiger partial charge in [0.15, 0.2) is 0 Å². The summed E-state index contributed by atoms with van der Waals surface area (Å²) in [7, 11) is 1.40. The molecule has 24 heavy (non-hydrogen) atoms. The summed E-state index contributed by atoms with van der Waals surface area (Å²) in [6, 6.07) is 23.2. The molecule has 0 aliphatic carbocycles. The molecule has 0 bridgehead atoms. The molecule has 0 atom stereocenters. The maximum atomic E-state index is 12.4. The maximum Gasteiger partial charge on any atom is 0.339 e. The molecule has 0 fully saturated rings. The van der Waals surface area contributed by atoms with E-state index in [-0.39, 0.29) is 5.97 Å². The number of carbonyl (C=O) groups excluding carboxylic acids is 1. The first-order valence-electron chi connectivity index (χ1n) is 7.39. The molecule has 0 aliphatic heterocycles. The average molecular weight is 355 g/mol. The number of methoxy groups -OCH3 is 1. The van der Waals surface area contributed by atoms with Crippen molar-refractivity contribution in [1.82, 2.24) is 0 Å². The second-order valence-electron chi connectivity index (χ2n) is 5.09. The van der Waals surface area contributed by atoms with Gasteiger partial charge in [-0.3, -0.25) is 0 Å². The fourth-order valence-corrected chi connectivity index (χ4v) is 3.53. The quantitative estimate of drug-likeness (QED) is 0.542. The highest BCUT2D eigenvalue weighted by molar-refractivity contribution is 7.99.